The molecule has 1 unspecified atom stereocenters. The average Bonchev–Trinajstić information content (AvgIpc) is 3.65. The summed E-state index contributed by atoms with van der Waals surface area (Å²) in [5.41, 5.74) is 1.84. The zero-order valence-electron chi connectivity index (χ0n) is 20.2. The van der Waals surface area contributed by atoms with E-state index in [4.69, 9.17) is 13.9 Å². The number of thiazole rings is 1. The number of hydrogen-bond donors (Lipinski definition) is 0. The maximum Gasteiger partial charge on any atom is 0.338 e. The van der Waals surface area contributed by atoms with E-state index >= 15 is 0 Å². The number of aromatic nitrogens is 1. The molecule has 0 aliphatic carbocycles. The third-order valence-corrected chi connectivity index (χ3v) is 7.73. The quantitative estimate of drug-likeness (QED) is 0.348. The summed E-state index contributed by atoms with van der Waals surface area (Å²) in [5.74, 6) is 0.188. The lowest BCUT2D eigenvalue weighted by Gasteiger charge is -2.23. The van der Waals surface area contributed by atoms with Crippen LogP contribution in [0.4, 0.5) is 0 Å². The Kier molecular flexibility index (Phi) is 6.77. The Morgan fingerprint density at radius 2 is 1.92 bits per heavy atom. The molecule has 0 saturated heterocycles. The molecule has 188 valence electrons. The molecule has 0 bridgehead atoms. The highest BCUT2D eigenvalue weighted by atomic mass is 32.1. The first kappa shape index (κ1) is 24.7. The van der Waals surface area contributed by atoms with Crippen molar-refractivity contribution in [1.29, 1.82) is 0 Å². The van der Waals surface area contributed by atoms with Gasteiger partial charge in [0.1, 0.15) is 17.6 Å². The number of ether oxygens (including phenoxy) is 2. The molecule has 0 spiro atoms. The molecule has 8 nitrogen and oxygen atoms in total. The first-order chi connectivity index (χ1) is 17.9. The van der Waals surface area contributed by atoms with Crippen LogP contribution in [-0.4, -0.2) is 30.2 Å². The number of carbonyl (C=O) groups is 2. The fourth-order valence-corrected chi connectivity index (χ4v) is 5.96. The summed E-state index contributed by atoms with van der Waals surface area (Å²) < 4.78 is 18.0. The molecular weight excluding hydrogens is 512 g/mol. The van der Waals surface area contributed by atoms with Crippen LogP contribution in [0.2, 0.25) is 0 Å². The number of methoxy groups -OCH3 is 1. The van der Waals surface area contributed by atoms with Crippen molar-refractivity contribution in [3.8, 4) is 11.3 Å². The lowest BCUT2D eigenvalue weighted by molar-refractivity contribution is -0.139. The van der Waals surface area contributed by atoms with Crippen LogP contribution in [0.3, 0.4) is 0 Å². The minimum atomic E-state index is -0.613. The van der Waals surface area contributed by atoms with E-state index in [9.17, 15) is 14.4 Å². The Balaban J connectivity index is 1.55. The Bertz CT molecular complexity index is 1690. The standard InChI is InChI=1S/C27H22N2O6S2/c1-4-34-26(32)22-15(2)28-27-29(23(22)20-6-5-13-36-20)24(30)21(37-27)14-18-11-12-19(35-18)16-7-9-17(10-8-16)25(31)33-3/h5-14,23H,4H2,1-3H3/b21-14-. The molecule has 5 rings (SSSR count). The summed E-state index contributed by atoms with van der Waals surface area (Å²) in [6.07, 6.45) is 1.67. The maximum atomic E-state index is 13.6. The van der Waals surface area contributed by atoms with Crippen LogP contribution in [0.15, 0.2) is 79.4 Å². The van der Waals surface area contributed by atoms with Crippen molar-refractivity contribution < 1.29 is 23.5 Å². The third-order valence-electron chi connectivity index (χ3n) is 5.82. The van der Waals surface area contributed by atoms with Gasteiger partial charge < -0.3 is 13.9 Å². The topological polar surface area (TPSA) is 100 Å². The summed E-state index contributed by atoms with van der Waals surface area (Å²) in [6.45, 7) is 3.73. The molecule has 0 amide bonds. The highest BCUT2D eigenvalue weighted by molar-refractivity contribution is 7.10. The number of benzene rings is 1. The van der Waals surface area contributed by atoms with E-state index < -0.39 is 18.0 Å². The molecule has 37 heavy (non-hydrogen) atoms. The molecule has 4 aromatic rings. The lowest BCUT2D eigenvalue weighted by atomic mass is 10.0. The molecule has 1 atom stereocenters. The van der Waals surface area contributed by atoms with E-state index in [1.54, 1.807) is 60.9 Å². The molecule has 1 aromatic carbocycles. The predicted molar refractivity (Wildman–Crippen MR) is 140 cm³/mol. The number of esters is 2. The Morgan fingerprint density at radius 3 is 2.59 bits per heavy atom. The van der Waals surface area contributed by atoms with Gasteiger partial charge in [-0.25, -0.2) is 14.6 Å². The fourth-order valence-electron chi connectivity index (χ4n) is 4.11. The number of furan rings is 1. The Labute approximate surface area is 219 Å². The van der Waals surface area contributed by atoms with Crippen LogP contribution in [-0.2, 0) is 14.3 Å². The van der Waals surface area contributed by atoms with Crippen LogP contribution >= 0.6 is 22.7 Å². The van der Waals surface area contributed by atoms with Gasteiger partial charge in [0.05, 0.1) is 35.1 Å². The molecule has 1 aliphatic heterocycles. The van der Waals surface area contributed by atoms with Gasteiger partial charge in [-0.05, 0) is 49.6 Å². The molecular formula is C27H22N2O6S2. The van der Waals surface area contributed by atoms with Crippen molar-refractivity contribution >= 4 is 40.7 Å². The first-order valence-electron chi connectivity index (χ1n) is 11.4. The number of thiophene rings is 1. The van der Waals surface area contributed by atoms with Gasteiger partial charge in [-0.2, -0.15) is 0 Å². The van der Waals surface area contributed by atoms with Gasteiger partial charge in [-0.3, -0.25) is 9.36 Å². The van der Waals surface area contributed by atoms with E-state index in [1.807, 2.05) is 17.5 Å². The SMILES string of the molecule is CCOC(=O)C1=C(C)N=c2s/c(=C\c3ccc(-c4ccc(C(=O)OC)cc4)o3)c(=O)n2C1c1cccs1. The maximum absolute atomic E-state index is 13.6. The highest BCUT2D eigenvalue weighted by Gasteiger charge is 2.33. The van der Waals surface area contributed by atoms with Gasteiger partial charge in [0.2, 0.25) is 0 Å². The van der Waals surface area contributed by atoms with Gasteiger partial charge >= 0.3 is 11.9 Å². The van der Waals surface area contributed by atoms with Crippen molar-refractivity contribution in [2.45, 2.75) is 19.9 Å². The fraction of sp³-hybridized carbons (Fsp3) is 0.185. The van der Waals surface area contributed by atoms with Crippen LogP contribution in [0, 0.1) is 0 Å². The van der Waals surface area contributed by atoms with Crippen LogP contribution in [0.25, 0.3) is 17.4 Å². The minimum Gasteiger partial charge on any atom is -0.465 e. The molecule has 3 aromatic heterocycles. The van der Waals surface area contributed by atoms with Gasteiger partial charge in [-0.15, -0.1) is 11.3 Å². The zero-order valence-corrected chi connectivity index (χ0v) is 21.9. The van der Waals surface area contributed by atoms with Crippen LogP contribution in [0.1, 0.15) is 40.9 Å². The summed E-state index contributed by atoms with van der Waals surface area (Å²) >= 11 is 2.70. The van der Waals surface area contributed by atoms with Gasteiger partial charge in [-0.1, -0.05) is 29.5 Å². The molecule has 4 heterocycles. The van der Waals surface area contributed by atoms with Crippen LogP contribution < -0.4 is 14.9 Å². The molecule has 10 heteroatoms. The minimum absolute atomic E-state index is 0.226. The largest absolute Gasteiger partial charge is 0.465 e. The van der Waals surface area contributed by atoms with Crippen LogP contribution in [0.5, 0.6) is 0 Å². The second kappa shape index (κ2) is 10.2. The van der Waals surface area contributed by atoms with Crippen molar-refractivity contribution in [3.63, 3.8) is 0 Å². The molecule has 0 fully saturated rings. The first-order valence-corrected chi connectivity index (χ1v) is 13.1. The van der Waals surface area contributed by atoms with E-state index in [-0.39, 0.29) is 12.2 Å². The number of carbonyl (C=O) groups excluding carboxylic acids is 2. The number of hydrogen-bond acceptors (Lipinski definition) is 9. The monoisotopic (exact) mass is 534 g/mol. The number of allylic oxidation sites excluding steroid dienone is 1. The summed E-state index contributed by atoms with van der Waals surface area (Å²) in [5, 5.41) is 1.91. The summed E-state index contributed by atoms with van der Waals surface area (Å²) in [7, 11) is 1.33. The Hall–Kier alpha value is -4.02. The summed E-state index contributed by atoms with van der Waals surface area (Å²) in [6, 6.07) is 13.6. The van der Waals surface area contributed by atoms with Crippen molar-refractivity contribution in [1.82, 2.24) is 4.57 Å². The smallest absolute Gasteiger partial charge is 0.338 e. The normalized spacial score (nSPS) is 15.3. The summed E-state index contributed by atoms with van der Waals surface area (Å²) in [4.78, 5) is 44.0. The second-order valence-corrected chi connectivity index (χ2v) is 10.1. The van der Waals surface area contributed by atoms with Crippen molar-refractivity contribution in [3.05, 3.63) is 101 Å². The number of nitrogens with zero attached hydrogens (tertiary/aromatic N) is 2. The molecule has 1 aliphatic rings. The predicted octanol–water partition coefficient (Wildman–Crippen LogP) is 3.91. The van der Waals surface area contributed by atoms with E-state index in [0.717, 1.165) is 10.4 Å². The van der Waals surface area contributed by atoms with Crippen molar-refractivity contribution in [2.75, 3.05) is 13.7 Å². The molecule has 0 radical (unpaired) electrons. The molecule has 0 saturated carbocycles. The Morgan fingerprint density at radius 1 is 1.14 bits per heavy atom. The van der Waals surface area contributed by atoms with Crippen molar-refractivity contribution in [2.24, 2.45) is 4.99 Å². The van der Waals surface area contributed by atoms with Gasteiger partial charge in [0.15, 0.2) is 4.80 Å². The van der Waals surface area contributed by atoms with E-state index in [1.165, 1.54) is 29.8 Å². The van der Waals surface area contributed by atoms with E-state index in [2.05, 4.69) is 4.99 Å². The van der Waals surface area contributed by atoms with E-state index in [0.29, 0.717) is 37.7 Å². The zero-order chi connectivity index (χ0) is 26.1. The number of fused-ring (bicyclic) bond motifs is 1. The van der Waals surface area contributed by atoms with Gasteiger partial charge in [0.25, 0.3) is 5.56 Å². The van der Waals surface area contributed by atoms with Gasteiger partial charge in [0, 0.05) is 16.5 Å². The number of rotatable bonds is 6. The highest BCUT2D eigenvalue weighted by Crippen LogP contribution is 2.33. The second-order valence-electron chi connectivity index (χ2n) is 8.09. The average molecular weight is 535 g/mol. The lowest BCUT2D eigenvalue weighted by Crippen LogP contribution is -2.39. The molecule has 0 N–H and O–H groups in total. The third kappa shape index (κ3) is 4.61.